The summed E-state index contributed by atoms with van der Waals surface area (Å²) >= 11 is 21.5. The fourth-order valence-electron chi connectivity index (χ4n) is 6.56. The van der Waals surface area contributed by atoms with Crippen LogP contribution in [0.15, 0.2) is 50.7 Å². The fourth-order valence-corrected chi connectivity index (χ4v) is 7.37. The highest BCUT2D eigenvalue weighted by Crippen LogP contribution is 2.32. The van der Waals surface area contributed by atoms with Gasteiger partial charge in [-0.15, -0.1) is 0 Å². The Bertz CT molecular complexity index is 1100. The number of rotatable bonds is 31. The van der Waals surface area contributed by atoms with Crippen LogP contribution in [0.1, 0.15) is 201 Å². The lowest BCUT2D eigenvalue weighted by Gasteiger charge is -2.28. The standard InChI is InChI=1S/C21H38N.C20H44N.C6Cl4O2.BrH.ClH/c1-2-3-4-5-6-7-8-9-10-11-12-13-14-16-19-22-20-17-15-18-21-22;1-5-7-8-9-10-11-12-13-14-15-16-17-18-19-20-21(3,4)6-2;7-1-2(8)6(12)4(10)3(9)5(1)11;;/h15,17-18,20-21H,2-14,16,19H2,1H3;5-20H2,1-4H3;;2*1H/q2*+1;;;/p-2. The molecule has 1 aliphatic carbocycles. The lowest BCUT2D eigenvalue weighted by molar-refractivity contribution is -0.888. The zero-order chi connectivity index (χ0) is 41.0. The molecule has 0 aromatic carbocycles. The number of carbonyl (C=O) groups is 2. The fraction of sp³-hybridized carbons (Fsp3) is 0.766. The molecule has 0 saturated heterocycles. The van der Waals surface area contributed by atoms with Gasteiger partial charge >= 0.3 is 0 Å². The van der Waals surface area contributed by atoms with Crippen molar-refractivity contribution in [2.24, 2.45) is 0 Å². The Morgan fingerprint density at radius 1 is 0.439 bits per heavy atom. The quantitative estimate of drug-likeness (QED) is 0.0322. The Morgan fingerprint density at radius 2 is 0.702 bits per heavy atom. The second-order valence-electron chi connectivity index (χ2n) is 16.2. The lowest BCUT2D eigenvalue weighted by atomic mass is 10.0. The van der Waals surface area contributed by atoms with E-state index < -0.39 is 31.7 Å². The third-order valence-corrected chi connectivity index (χ3v) is 12.3. The van der Waals surface area contributed by atoms with E-state index in [1.54, 1.807) is 0 Å². The third-order valence-electron chi connectivity index (χ3n) is 10.7. The van der Waals surface area contributed by atoms with Crippen molar-refractivity contribution in [2.45, 2.75) is 207 Å². The first-order chi connectivity index (χ1) is 26.5. The van der Waals surface area contributed by atoms with Gasteiger partial charge in [-0.1, -0.05) is 220 Å². The van der Waals surface area contributed by atoms with E-state index >= 15 is 0 Å². The second-order valence-corrected chi connectivity index (χ2v) is 17.7. The second kappa shape index (κ2) is 42.5. The maximum Gasteiger partial charge on any atom is 0.219 e. The number of unbranched alkanes of at least 4 members (excludes halogenated alkanes) is 26. The van der Waals surface area contributed by atoms with Crippen molar-refractivity contribution in [2.75, 3.05) is 27.2 Å². The molecule has 0 spiro atoms. The molecule has 334 valence electrons. The van der Waals surface area contributed by atoms with Gasteiger partial charge in [0, 0.05) is 18.6 Å². The Balaban J connectivity index is -0.000000783. The summed E-state index contributed by atoms with van der Waals surface area (Å²) in [6, 6.07) is 6.31. The average molecular weight is 964 g/mol. The number of allylic oxidation sites excluding steroid dienone is 4. The number of hydrogen-bond acceptors (Lipinski definition) is 2. The Labute approximate surface area is 388 Å². The van der Waals surface area contributed by atoms with Gasteiger partial charge in [-0.05, 0) is 26.2 Å². The summed E-state index contributed by atoms with van der Waals surface area (Å²) in [6.07, 6.45) is 44.8. The van der Waals surface area contributed by atoms with Gasteiger partial charge in [-0.3, -0.25) is 9.59 Å². The largest absolute Gasteiger partial charge is 1.00 e. The molecule has 57 heavy (non-hydrogen) atoms. The summed E-state index contributed by atoms with van der Waals surface area (Å²) < 4.78 is 3.48. The van der Waals surface area contributed by atoms with Gasteiger partial charge < -0.3 is 33.9 Å². The van der Waals surface area contributed by atoms with E-state index in [2.05, 4.69) is 70.0 Å². The van der Waals surface area contributed by atoms with Crippen LogP contribution in [0, 0.1) is 0 Å². The molecule has 0 N–H and O–H groups in total. The maximum atomic E-state index is 11.0. The number of nitrogens with zero attached hydrogens (tertiary/aromatic N) is 2. The summed E-state index contributed by atoms with van der Waals surface area (Å²) in [5, 5.41) is -1.57. The molecule has 0 saturated carbocycles. The Kier molecular flexibility index (Phi) is 45.7. The molecule has 10 heteroatoms. The van der Waals surface area contributed by atoms with Gasteiger partial charge in [0.05, 0.1) is 27.2 Å². The highest BCUT2D eigenvalue weighted by atomic mass is 79.9. The van der Waals surface area contributed by atoms with Gasteiger partial charge in [0.1, 0.15) is 26.7 Å². The lowest BCUT2D eigenvalue weighted by Crippen LogP contribution is -3.00. The van der Waals surface area contributed by atoms with Crippen molar-refractivity contribution >= 4 is 58.0 Å². The van der Waals surface area contributed by atoms with Crippen LogP contribution in [0.25, 0.3) is 0 Å². The molecule has 0 radical (unpaired) electrons. The predicted molar refractivity (Wildman–Crippen MR) is 242 cm³/mol. The number of carbonyl (C=O) groups excluding carboxylic acids is 2. The van der Waals surface area contributed by atoms with Gasteiger partial charge in [-0.25, -0.2) is 4.57 Å². The van der Waals surface area contributed by atoms with Crippen LogP contribution in [0.5, 0.6) is 0 Å². The molecule has 1 aromatic rings. The number of halogens is 6. The van der Waals surface area contributed by atoms with Crippen molar-refractivity contribution in [1.29, 1.82) is 0 Å². The number of ketones is 2. The van der Waals surface area contributed by atoms with E-state index in [4.69, 9.17) is 46.4 Å². The van der Waals surface area contributed by atoms with E-state index in [1.165, 1.54) is 204 Å². The van der Waals surface area contributed by atoms with Gasteiger partial charge in [0.2, 0.25) is 11.6 Å². The monoisotopic (exact) mass is 960 g/mol. The van der Waals surface area contributed by atoms with Gasteiger partial charge in [0.25, 0.3) is 0 Å². The number of aromatic nitrogens is 1. The summed E-state index contributed by atoms with van der Waals surface area (Å²) in [5.74, 6) is -1.46. The number of hydrogen-bond donors (Lipinski definition) is 0. The smallest absolute Gasteiger partial charge is 0.219 e. The van der Waals surface area contributed by atoms with Crippen molar-refractivity contribution in [1.82, 2.24) is 0 Å². The number of aryl methyl sites for hydroxylation is 1. The normalized spacial score (nSPS) is 12.7. The first-order valence-corrected chi connectivity index (χ1v) is 24.0. The van der Waals surface area contributed by atoms with E-state index in [9.17, 15) is 9.59 Å². The van der Waals surface area contributed by atoms with E-state index in [1.807, 2.05) is 0 Å². The predicted octanol–water partition coefficient (Wildman–Crippen LogP) is 9.54. The minimum Gasteiger partial charge on any atom is -1.00 e. The van der Waals surface area contributed by atoms with Gasteiger partial charge in [-0.2, -0.15) is 0 Å². The molecule has 1 heterocycles. The number of Topliss-reactive ketones (excluding diaryl/α,β-unsaturated/α-hetero) is 2. The topological polar surface area (TPSA) is 38.0 Å². The molecule has 2 rings (SSSR count). The number of pyridine rings is 1. The zero-order valence-corrected chi connectivity index (χ0v) is 42.2. The first kappa shape index (κ1) is 61.2. The van der Waals surface area contributed by atoms with E-state index in [0.717, 1.165) is 0 Å². The van der Waals surface area contributed by atoms with Crippen LogP contribution in [0.3, 0.4) is 0 Å². The molecule has 0 fully saturated rings. The van der Waals surface area contributed by atoms with Crippen molar-refractivity contribution in [3.63, 3.8) is 0 Å². The minimum absolute atomic E-state index is 0. The SMILES string of the molecule is CCCCCCCCCCCCCCCC[N+](C)(C)CC.CCCCCCCCCCCCCCCC[n+]1ccccc1.O=C1C(Cl)=C(Cl)C(=O)C(Cl)=C1Cl.[Br-].[Cl-]. The van der Waals surface area contributed by atoms with Gasteiger partial charge in [0.15, 0.2) is 12.4 Å². The van der Waals surface area contributed by atoms with Crippen LogP contribution in [0.2, 0.25) is 0 Å². The molecule has 0 atom stereocenters. The van der Waals surface area contributed by atoms with Crippen LogP contribution in [0.4, 0.5) is 0 Å². The molecule has 1 aliphatic rings. The highest BCUT2D eigenvalue weighted by Gasteiger charge is 2.31. The highest BCUT2D eigenvalue weighted by molar-refractivity contribution is 6.69. The number of quaternary nitrogens is 1. The Morgan fingerprint density at radius 3 is 0.982 bits per heavy atom. The van der Waals surface area contributed by atoms with E-state index in [0.29, 0.717) is 0 Å². The molecule has 4 nitrogen and oxygen atoms in total. The molecule has 0 amide bonds. The molecular formula is C47H82BrCl5N2O2. The summed E-state index contributed by atoms with van der Waals surface area (Å²) in [6.45, 7) is 10.7. The first-order valence-electron chi connectivity index (χ1n) is 22.5. The third kappa shape index (κ3) is 35.2. The molecule has 1 aromatic heterocycles. The molecule has 0 unspecified atom stereocenters. The molecule has 0 bridgehead atoms. The van der Waals surface area contributed by atoms with Crippen molar-refractivity contribution in [3.05, 3.63) is 50.7 Å². The summed E-state index contributed by atoms with van der Waals surface area (Å²) in [7, 11) is 4.70. The molecule has 0 aliphatic heterocycles. The van der Waals surface area contributed by atoms with Crippen LogP contribution in [-0.2, 0) is 16.1 Å². The van der Waals surface area contributed by atoms with Crippen LogP contribution in [-0.4, -0.2) is 43.2 Å². The molecular weight excluding hydrogens is 882 g/mol. The van der Waals surface area contributed by atoms with Crippen molar-refractivity contribution in [3.8, 4) is 0 Å². The van der Waals surface area contributed by atoms with Crippen LogP contribution < -0.4 is 34.0 Å². The zero-order valence-electron chi connectivity index (χ0n) is 36.8. The van der Waals surface area contributed by atoms with E-state index in [-0.39, 0.29) is 29.4 Å². The summed E-state index contributed by atoms with van der Waals surface area (Å²) in [5.41, 5.74) is 0. The van der Waals surface area contributed by atoms with Crippen LogP contribution >= 0.6 is 46.4 Å². The maximum absolute atomic E-state index is 11.0. The summed E-state index contributed by atoms with van der Waals surface area (Å²) in [4.78, 5) is 22.0. The average Bonchev–Trinajstić information content (AvgIpc) is 3.19. The van der Waals surface area contributed by atoms with Crippen molar-refractivity contribution < 1.29 is 48.0 Å². The Hall–Kier alpha value is -0.140. The minimum atomic E-state index is -0.729.